The van der Waals surface area contributed by atoms with E-state index in [1.807, 2.05) is 0 Å². The van der Waals surface area contributed by atoms with E-state index in [0.717, 1.165) is 6.07 Å². The standard InChI is InChI=1S/C19H12Cl4O5S/c20-12-7-4-8-13(21)15(12)19(29(26,27)28,10-5-2-1-3-6-10)11-9-14(24)17(23)18(25)16(11)22/h1-9,24-25H,(H,26,27,28). The van der Waals surface area contributed by atoms with Gasteiger partial charge >= 0.3 is 0 Å². The molecule has 0 spiro atoms. The second-order valence-corrected chi connectivity index (χ2v) is 9.17. The van der Waals surface area contributed by atoms with Crippen molar-refractivity contribution in [3.05, 3.63) is 91.4 Å². The van der Waals surface area contributed by atoms with Crippen LogP contribution in [0.25, 0.3) is 0 Å². The van der Waals surface area contributed by atoms with Crippen LogP contribution in [0.2, 0.25) is 20.1 Å². The third-order valence-corrected chi connectivity index (χ3v) is 7.24. The van der Waals surface area contributed by atoms with Crippen molar-refractivity contribution < 1.29 is 23.2 Å². The number of hydrogen-bond donors (Lipinski definition) is 3. The Labute approximate surface area is 186 Å². The topological polar surface area (TPSA) is 94.8 Å². The van der Waals surface area contributed by atoms with Gasteiger partial charge in [-0.25, -0.2) is 0 Å². The van der Waals surface area contributed by atoms with Crippen LogP contribution in [0.5, 0.6) is 11.5 Å². The van der Waals surface area contributed by atoms with Gasteiger partial charge in [0.25, 0.3) is 10.1 Å². The summed E-state index contributed by atoms with van der Waals surface area (Å²) in [4.78, 5) is 0. The Hall–Kier alpha value is -1.67. The molecule has 0 amide bonds. The number of phenolic OH excluding ortho intramolecular Hbond substituents is 2. The fraction of sp³-hybridized carbons (Fsp3) is 0.0526. The van der Waals surface area contributed by atoms with Crippen molar-refractivity contribution in [2.24, 2.45) is 0 Å². The van der Waals surface area contributed by atoms with Crippen molar-refractivity contribution in [3.63, 3.8) is 0 Å². The third-order valence-electron chi connectivity index (χ3n) is 4.42. The molecule has 1 atom stereocenters. The highest BCUT2D eigenvalue weighted by molar-refractivity contribution is 7.87. The van der Waals surface area contributed by atoms with Crippen molar-refractivity contribution in [2.75, 3.05) is 0 Å². The van der Waals surface area contributed by atoms with E-state index >= 15 is 0 Å². The van der Waals surface area contributed by atoms with Gasteiger partial charge < -0.3 is 10.2 Å². The summed E-state index contributed by atoms with van der Waals surface area (Å²) in [5.41, 5.74) is -0.581. The smallest absolute Gasteiger partial charge is 0.283 e. The van der Waals surface area contributed by atoms with Crippen LogP contribution in [0.15, 0.2) is 54.6 Å². The molecule has 0 aliphatic heterocycles. The van der Waals surface area contributed by atoms with E-state index < -0.39 is 36.4 Å². The molecule has 3 N–H and O–H groups in total. The summed E-state index contributed by atoms with van der Waals surface area (Å²) in [6, 6.07) is 12.7. The number of hydrogen-bond acceptors (Lipinski definition) is 4. The number of aromatic hydroxyl groups is 2. The van der Waals surface area contributed by atoms with Crippen molar-refractivity contribution in [1.29, 1.82) is 0 Å². The van der Waals surface area contributed by atoms with Crippen LogP contribution >= 0.6 is 46.4 Å². The van der Waals surface area contributed by atoms with Crippen LogP contribution in [0.1, 0.15) is 16.7 Å². The Morgan fingerprint density at radius 2 is 1.34 bits per heavy atom. The van der Waals surface area contributed by atoms with Gasteiger partial charge in [0.2, 0.25) is 0 Å². The van der Waals surface area contributed by atoms with E-state index in [1.54, 1.807) is 6.07 Å². The molecule has 0 bridgehead atoms. The second-order valence-electron chi connectivity index (χ2n) is 6.04. The van der Waals surface area contributed by atoms with Gasteiger partial charge in [-0.15, -0.1) is 0 Å². The van der Waals surface area contributed by atoms with Gasteiger partial charge in [0.15, 0.2) is 10.5 Å². The number of benzene rings is 3. The summed E-state index contributed by atoms with van der Waals surface area (Å²) >= 11 is 24.7. The molecule has 0 aliphatic rings. The molecular formula is C19H12Cl4O5S. The Morgan fingerprint density at radius 1 is 0.793 bits per heavy atom. The molecule has 0 radical (unpaired) electrons. The maximum Gasteiger partial charge on any atom is 0.283 e. The predicted octanol–water partition coefficient (Wildman–Crippen LogP) is 5.89. The molecule has 0 saturated carbocycles. The Kier molecular flexibility index (Phi) is 5.98. The predicted molar refractivity (Wildman–Crippen MR) is 114 cm³/mol. The first-order valence-electron chi connectivity index (χ1n) is 7.91. The molecule has 152 valence electrons. The molecule has 5 nitrogen and oxygen atoms in total. The van der Waals surface area contributed by atoms with Crippen LogP contribution < -0.4 is 0 Å². The van der Waals surface area contributed by atoms with Gasteiger partial charge in [0.05, 0.1) is 5.02 Å². The summed E-state index contributed by atoms with van der Waals surface area (Å²) in [6.45, 7) is 0. The van der Waals surface area contributed by atoms with E-state index in [0.29, 0.717) is 0 Å². The fourth-order valence-electron chi connectivity index (χ4n) is 3.22. The average Bonchev–Trinajstić information content (AvgIpc) is 2.66. The summed E-state index contributed by atoms with van der Waals surface area (Å²) in [7, 11) is -5.12. The quantitative estimate of drug-likeness (QED) is 0.311. The maximum absolute atomic E-state index is 13.0. The number of phenols is 2. The highest BCUT2D eigenvalue weighted by Gasteiger charge is 2.52. The average molecular weight is 494 g/mol. The molecule has 0 saturated heterocycles. The molecule has 1 unspecified atom stereocenters. The minimum absolute atomic E-state index is 0.0144. The van der Waals surface area contributed by atoms with Gasteiger partial charge in [-0.1, -0.05) is 82.8 Å². The second kappa shape index (κ2) is 7.87. The summed E-state index contributed by atoms with van der Waals surface area (Å²) in [6.07, 6.45) is 0. The summed E-state index contributed by atoms with van der Waals surface area (Å²) < 4.78 is 34.0. The van der Waals surface area contributed by atoms with Gasteiger partial charge in [0.1, 0.15) is 10.8 Å². The molecule has 0 fully saturated rings. The monoisotopic (exact) mass is 492 g/mol. The lowest BCUT2D eigenvalue weighted by Gasteiger charge is -2.34. The minimum atomic E-state index is -5.12. The molecule has 0 aromatic heterocycles. The van der Waals surface area contributed by atoms with Crippen LogP contribution in [-0.2, 0) is 14.9 Å². The molecule has 10 heteroatoms. The lowest BCUT2D eigenvalue weighted by Crippen LogP contribution is -2.39. The van der Waals surface area contributed by atoms with Crippen molar-refractivity contribution in [3.8, 4) is 11.5 Å². The maximum atomic E-state index is 13.0. The first-order chi connectivity index (χ1) is 13.5. The zero-order chi connectivity index (χ0) is 21.6. The van der Waals surface area contributed by atoms with Crippen LogP contribution in [0.4, 0.5) is 0 Å². The van der Waals surface area contributed by atoms with Gasteiger partial charge in [-0.3, -0.25) is 4.55 Å². The van der Waals surface area contributed by atoms with Crippen LogP contribution in [0, 0.1) is 0 Å². The van der Waals surface area contributed by atoms with E-state index in [-0.39, 0.29) is 26.7 Å². The lowest BCUT2D eigenvalue weighted by molar-refractivity contribution is 0.444. The summed E-state index contributed by atoms with van der Waals surface area (Å²) in [5.74, 6) is -1.42. The first-order valence-corrected chi connectivity index (χ1v) is 10.9. The highest BCUT2D eigenvalue weighted by Crippen LogP contribution is 2.54. The van der Waals surface area contributed by atoms with Crippen molar-refractivity contribution in [2.45, 2.75) is 4.75 Å². The van der Waals surface area contributed by atoms with Gasteiger partial charge in [-0.2, -0.15) is 8.42 Å². The number of halogens is 4. The summed E-state index contributed by atoms with van der Waals surface area (Å²) in [5, 5.41) is 19.3. The molecule has 3 rings (SSSR count). The van der Waals surface area contributed by atoms with Gasteiger partial charge in [-0.05, 0) is 23.8 Å². The Bertz CT molecular complexity index is 1180. The fourth-order valence-corrected chi connectivity index (χ4v) is 5.91. The molecule has 0 heterocycles. The minimum Gasteiger partial charge on any atom is -0.506 e. The van der Waals surface area contributed by atoms with E-state index in [9.17, 15) is 23.2 Å². The number of rotatable bonds is 4. The SMILES string of the molecule is O=S(=O)(O)C(c1ccccc1)(c1cc(O)c(Cl)c(O)c1Cl)c1c(Cl)cccc1Cl. The van der Waals surface area contributed by atoms with Crippen LogP contribution in [-0.4, -0.2) is 23.2 Å². The highest BCUT2D eigenvalue weighted by atomic mass is 35.5. The van der Waals surface area contributed by atoms with E-state index in [4.69, 9.17) is 46.4 Å². The zero-order valence-corrected chi connectivity index (χ0v) is 18.1. The van der Waals surface area contributed by atoms with Crippen LogP contribution in [0.3, 0.4) is 0 Å². The molecular weight excluding hydrogens is 482 g/mol. The Balaban J connectivity index is 2.67. The normalized spacial score (nSPS) is 13.8. The van der Waals surface area contributed by atoms with Crippen molar-refractivity contribution in [1.82, 2.24) is 0 Å². The largest absolute Gasteiger partial charge is 0.506 e. The third kappa shape index (κ3) is 3.44. The molecule has 0 aliphatic carbocycles. The molecule has 3 aromatic carbocycles. The van der Waals surface area contributed by atoms with Crippen molar-refractivity contribution >= 4 is 56.5 Å². The lowest BCUT2D eigenvalue weighted by atomic mass is 9.83. The Morgan fingerprint density at radius 3 is 1.86 bits per heavy atom. The zero-order valence-electron chi connectivity index (χ0n) is 14.3. The first kappa shape index (κ1) is 22.0. The van der Waals surface area contributed by atoms with E-state index in [2.05, 4.69) is 0 Å². The van der Waals surface area contributed by atoms with E-state index in [1.165, 1.54) is 42.5 Å². The molecule has 3 aromatic rings. The van der Waals surface area contributed by atoms with Gasteiger partial charge in [0, 0.05) is 21.2 Å². The molecule has 29 heavy (non-hydrogen) atoms.